The van der Waals surface area contributed by atoms with Crippen LogP contribution in [0.5, 0.6) is 0 Å². The minimum Gasteiger partial charge on any atom is -0.467 e. The van der Waals surface area contributed by atoms with E-state index in [9.17, 15) is 9.59 Å². The molecule has 0 saturated heterocycles. The molecule has 2 heterocycles. The molecule has 8 nitrogen and oxygen atoms in total. The number of amides is 2. The van der Waals surface area contributed by atoms with Crippen molar-refractivity contribution in [3.05, 3.63) is 24.2 Å². The van der Waals surface area contributed by atoms with Gasteiger partial charge in [-0.2, -0.15) is 5.26 Å². The van der Waals surface area contributed by atoms with Crippen LogP contribution in [0, 0.1) is 11.3 Å². The molecule has 0 atom stereocenters. The third-order valence-electron chi connectivity index (χ3n) is 2.82. The first kappa shape index (κ1) is 19.3. The highest BCUT2D eigenvalue weighted by Crippen LogP contribution is 2.28. The van der Waals surface area contributed by atoms with Crippen LogP contribution in [0.4, 0.5) is 0 Å². The summed E-state index contributed by atoms with van der Waals surface area (Å²) in [5, 5.41) is 16.7. The molecule has 0 aliphatic rings. The molecule has 0 aliphatic carbocycles. The van der Waals surface area contributed by atoms with Gasteiger partial charge >= 0.3 is 0 Å². The molecule has 2 aromatic heterocycles. The number of nitriles is 1. The zero-order valence-electron chi connectivity index (χ0n) is 13.1. The SMILES string of the molecule is N#CCCN(Cc1ccco1)C(=O)CSc1nnc(SCC(N)=O)s1. The van der Waals surface area contributed by atoms with Gasteiger partial charge in [0.2, 0.25) is 11.8 Å². The fraction of sp³-hybridized carbons (Fsp3) is 0.357. The molecule has 11 heteroatoms. The van der Waals surface area contributed by atoms with E-state index in [2.05, 4.69) is 10.2 Å². The molecule has 2 aromatic rings. The minimum atomic E-state index is -0.421. The van der Waals surface area contributed by atoms with Gasteiger partial charge in [0.05, 0.1) is 36.8 Å². The van der Waals surface area contributed by atoms with E-state index in [0.717, 1.165) is 0 Å². The van der Waals surface area contributed by atoms with E-state index in [-0.39, 0.29) is 23.8 Å². The van der Waals surface area contributed by atoms with Crippen LogP contribution < -0.4 is 5.73 Å². The maximum absolute atomic E-state index is 12.4. The summed E-state index contributed by atoms with van der Waals surface area (Å²) in [5.41, 5.74) is 5.08. The summed E-state index contributed by atoms with van der Waals surface area (Å²) in [5.74, 6) is 0.455. The molecule has 0 bridgehead atoms. The number of carbonyl (C=O) groups is 2. The van der Waals surface area contributed by atoms with Gasteiger partial charge in [0.15, 0.2) is 8.68 Å². The lowest BCUT2D eigenvalue weighted by Crippen LogP contribution is -2.32. The van der Waals surface area contributed by atoms with E-state index >= 15 is 0 Å². The molecular weight excluding hydrogens is 382 g/mol. The van der Waals surface area contributed by atoms with Gasteiger partial charge < -0.3 is 15.1 Å². The topological polar surface area (TPSA) is 126 Å². The second kappa shape index (κ2) is 10.1. The van der Waals surface area contributed by atoms with Crippen molar-refractivity contribution in [2.24, 2.45) is 5.73 Å². The van der Waals surface area contributed by atoms with Crippen molar-refractivity contribution in [1.29, 1.82) is 5.26 Å². The van der Waals surface area contributed by atoms with E-state index in [0.29, 0.717) is 27.5 Å². The van der Waals surface area contributed by atoms with Gasteiger partial charge in [0.1, 0.15) is 5.76 Å². The summed E-state index contributed by atoms with van der Waals surface area (Å²) in [6.45, 7) is 0.663. The first-order valence-electron chi connectivity index (χ1n) is 7.13. The first-order chi connectivity index (χ1) is 12.1. The highest BCUT2D eigenvalue weighted by Gasteiger charge is 2.17. The number of nitrogens with zero attached hydrogens (tertiary/aromatic N) is 4. The quantitative estimate of drug-likeness (QED) is 0.601. The van der Waals surface area contributed by atoms with Gasteiger partial charge in [0, 0.05) is 6.54 Å². The number of rotatable bonds is 10. The Morgan fingerprint density at radius 2 is 2.04 bits per heavy atom. The summed E-state index contributed by atoms with van der Waals surface area (Å²) in [4.78, 5) is 24.8. The Labute approximate surface area is 156 Å². The minimum absolute atomic E-state index is 0.113. The number of hydrogen-bond donors (Lipinski definition) is 1. The number of thioether (sulfide) groups is 2. The zero-order chi connectivity index (χ0) is 18.1. The van der Waals surface area contributed by atoms with Crippen LogP contribution in [-0.4, -0.2) is 45.0 Å². The molecule has 0 aromatic carbocycles. The fourth-order valence-electron chi connectivity index (χ4n) is 1.73. The summed E-state index contributed by atoms with van der Waals surface area (Å²) in [7, 11) is 0. The number of furan rings is 1. The molecule has 2 rings (SSSR count). The molecule has 0 spiro atoms. The Bertz CT molecular complexity index is 741. The smallest absolute Gasteiger partial charge is 0.233 e. The van der Waals surface area contributed by atoms with Crippen LogP contribution in [0.25, 0.3) is 0 Å². The highest BCUT2D eigenvalue weighted by molar-refractivity contribution is 8.03. The summed E-state index contributed by atoms with van der Waals surface area (Å²) in [6, 6.07) is 5.58. The van der Waals surface area contributed by atoms with Gasteiger partial charge in [-0.15, -0.1) is 10.2 Å². The van der Waals surface area contributed by atoms with E-state index in [4.69, 9.17) is 15.4 Å². The third-order valence-corrected chi connectivity index (χ3v) is 6.01. The molecule has 0 unspecified atom stereocenters. The molecule has 25 heavy (non-hydrogen) atoms. The number of primary amides is 1. The highest BCUT2D eigenvalue weighted by atomic mass is 32.2. The number of nitrogens with two attached hydrogens (primary N) is 1. The zero-order valence-corrected chi connectivity index (χ0v) is 15.5. The number of carbonyl (C=O) groups excluding carboxylic acids is 2. The first-order valence-corrected chi connectivity index (χ1v) is 9.91. The standard InChI is InChI=1S/C14H15N5O3S3/c15-4-2-5-19(7-10-3-1-6-22-10)12(21)9-24-14-18-17-13(25-14)23-8-11(16)20/h1,3,6H,2,5,7-9H2,(H2,16,20). The average Bonchev–Trinajstić information content (AvgIpc) is 3.26. The largest absolute Gasteiger partial charge is 0.467 e. The molecule has 0 fully saturated rings. The predicted molar refractivity (Wildman–Crippen MR) is 94.9 cm³/mol. The Morgan fingerprint density at radius 3 is 2.64 bits per heavy atom. The Morgan fingerprint density at radius 1 is 1.32 bits per heavy atom. The van der Waals surface area contributed by atoms with Crippen LogP contribution in [0.1, 0.15) is 12.2 Å². The molecule has 2 amide bonds. The lowest BCUT2D eigenvalue weighted by atomic mass is 10.3. The maximum Gasteiger partial charge on any atom is 0.233 e. The predicted octanol–water partition coefficient (Wildman–Crippen LogP) is 1.74. The maximum atomic E-state index is 12.4. The molecule has 2 N–H and O–H groups in total. The van der Waals surface area contributed by atoms with Gasteiger partial charge in [-0.1, -0.05) is 34.9 Å². The lowest BCUT2D eigenvalue weighted by Gasteiger charge is -2.19. The number of hydrogen-bond acceptors (Lipinski definition) is 9. The molecule has 132 valence electrons. The van der Waals surface area contributed by atoms with Crippen molar-refractivity contribution in [2.45, 2.75) is 21.6 Å². The van der Waals surface area contributed by atoms with E-state index in [1.54, 1.807) is 23.3 Å². The third kappa shape index (κ3) is 6.77. The van der Waals surface area contributed by atoms with Gasteiger partial charge in [-0.05, 0) is 12.1 Å². The van der Waals surface area contributed by atoms with Crippen LogP contribution in [0.15, 0.2) is 31.5 Å². The Hall–Kier alpha value is -2.03. The van der Waals surface area contributed by atoms with Crippen molar-refractivity contribution in [2.75, 3.05) is 18.1 Å². The van der Waals surface area contributed by atoms with E-state index in [1.807, 2.05) is 6.07 Å². The molecule has 0 saturated carbocycles. The Kier molecular flexibility index (Phi) is 7.77. The van der Waals surface area contributed by atoms with Gasteiger partial charge in [-0.3, -0.25) is 9.59 Å². The molecule has 0 radical (unpaired) electrons. The van der Waals surface area contributed by atoms with Gasteiger partial charge in [-0.25, -0.2) is 0 Å². The van der Waals surface area contributed by atoms with Crippen molar-refractivity contribution in [3.8, 4) is 6.07 Å². The number of aromatic nitrogens is 2. The summed E-state index contributed by atoms with van der Waals surface area (Å²) in [6.07, 6.45) is 1.80. The average molecular weight is 398 g/mol. The molecular formula is C14H15N5O3S3. The van der Waals surface area contributed by atoms with Crippen molar-refractivity contribution < 1.29 is 14.0 Å². The van der Waals surface area contributed by atoms with Crippen LogP contribution in [0.3, 0.4) is 0 Å². The summed E-state index contributed by atoms with van der Waals surface area (Å²) >= 11 is 3.79. The van der Waals surface area contributed by atoms with Gasteiger partial charge in [0.25, 0.3) is 0 Å². The lowest BCUT2D eigenvalue weighted by molar-refractivity contribution is -0.129. The molecule has 0 aliphatic heterocycles. The van der Waals surface area contributed by atoms with Crippen molar-refractivity contribution >= 4 is 46.7 Å². The van der Waals surface area contributed by atoms with Crippen LogP contribution in [0.2, 0.25) is 0 Å². The van der Waals surface area contributed by atoms with Crippen molar-refractivity contribution in [3.63, 3.8) is 0 Å². The van der Waals surface area contributed by atoms with E-state index in [1.165, 1.54) is 34.9 Å². The normalized spacial score (nSPS) is 10.4. The second-order valence-electron chi connectivity index (χ2n) is 4.68. The summed E-state index contributed by atoms with van der Waals surface area (Å²) < 4.78 is 6.53. The fourth-order valence-corrected chi connectivity index (χ4v) is 4.39. The van der Waals surface area contributed by atoms with E-state index < -0.39 is 5.91 Å². The Balaban J connectivity index is 1.87. The van der Waals surface area contributed by atoms with Crippen LogP contribution in [-0.2, 0) is 16.1 Å². The monoisotopic (exact) mass is 397 g/mol. The van der Waals surface area contributed by atoms with Crippen molar-refractivity contribution in [1.82, 2.24) is 15.1 Å². The second-order valence-corrected chi connectivity index (χ2v) is 8.10. The van der Waals surface area contributed by atoms with Crippen LogP contribution >= 0.6 is 34.9 Å².